The molecule has 0 radical (unpaired) electrons. The Morgan fingerprint density at radius 2 is 1.95 bits per heavy atom. The van der Waals surface area contributed by atoms with Gasteiger partial charge in [0.15, 0.2) is 0 Å². The predicted octanol–water partition coefficient (Wildman–Crippen LogP) is 4.69. The summed E-state index contributed by atoms with van der Waals surface area (Å²) in [6.45, 7) is 1.91. The third kappa shape index (κ3) is 3.52. The molecule has 3 nitrogen and oxygen atoms in total. The summed E-state index contributed by atoms with van der Waals surface area (Å²) >= 11 is 1.56. The first kappa shape index (κ1) is 14.7. The van der Waals surface area contributed by atoms with Crippen LogP contribution in [-0.2, 0) is 10.5 Å². The largest absolute Gasteiger partial charge is 0.468 e. The molecule has 0 unspecified atom stereocenters. The smallest absolute Gasteiger partial charge is 0.237 e. The second-order valence-corrected chi connectivity index (χ2v) is 6.41. The summed E-state index contributed by atoms with van der Waals surface area (Å²) in [4.78, 5) is 12.2. The molecule has 0 aliphatic heterocycles. The van der Waals surface area contributed by atoms with Crippen molar-refractivity contribution in [2.45, 2.75) is 17.9 Å². The molecule has 0 saturated carbocycles. The fraction of sp³-hybridized carbons (Fsp3) is 0.167. The van der Waals surface area contributed by atoms with Gasteiger partial charge in [-0.3, -0.25) is 4.79 Å². The molecule has 1 heterocycles. The Kier molecular flexibility index (Phi) is 4.49. The quantitative estimate of drug-likeness (QED) is 0.743. The van der Waals surface area contributed by atoms with Crippen LogP contribution in [0.1, 0.15) is 12.7 Å². The first-order chi connectivity index (χ1) is 10.7. The van der Waals surface area contributed by atoms with Gasteiger partial charge in [-0.25, -0.2) is 0 Å². The van der Waals surface area contributed by atoms with E-state index in [1.54, 1.807) is 18.0 Å². The Morgan fingerprint density at radius 1 is 1.14 bits per heavy atom. The molecule has 0 fully saturated rings. The van der Waals surface area contributed by atoms with Crippen LogP contribution in [0.15, 0.2) is 65.3 Å². The molecule has 3 aromatic rings. The number of hydrogen-bond acceptors (Lipinski definition) is 3. The van der Waals surface area contributed by atoms with E-state index in [2.05, 4.69) is 11.4 Å². The normalized spacial score (nSPS) is 12.2. The highest BCUT2D eigenvalue weighted by Crippen LogP contribution is 2.22. The Bertz CT molecular complexity index is 768. The number of benzene rings is 2. The van der Waals surface area contributed by atoms with E-state index in [1.165, 1.54) is 5.39 Å². The lowest BCUT2D eigenvalue weighted by molar-refractivity contribution is -0.115. The standard InChI is InChI=1S/C18H17NO2S/c1-13(22-12-17-7-4-10-21-17)18(20)19-16-9-8-14-5-2-3-6-15(14)11-16/h2-11,13H,12H2,1H3,(H,19,20)/t13-/m0/s1. The third-order valence-electron chi connectivity index (χ3n) is 3.44. The predicted molar refractivity (Wildman–Crippen MR) is 92.0 cm³/mol. The number of carbonyl (C=O) groups is 1. The van der Waals surface area contributed by atoms with Gasteiger partial charge < -0.3 is 9.73 Å². The summed E-state index contributed by atoms with van der Waals surface area (Å²) in [5, 5.41) is 5.12. The lowest BCUT2D eigenvalue weighted by Crippen LogP contribution is -2.22. The molecule has 1 amide bonds. The number of carbonyl (C=O) groups excluding carboxylic acids is 1. The van der Waals surface area contributed by atoms with Crippen LogP contribution in [0.25, 0.3) is 10.8 Å². The lowest BCUT2D eigenvalue weighted by Gasteiger charge is -2.12. The minimum absolute atomic E-state index is 0.00633. The number of nitrogens with one attached hydrogen (secondary N) is 1. The highest BCUT2D eigenvalue weighted by atomic mass is 32.2. The van der Waals surface area contributed by atoms with Crippen molar-refractivity contribution in [2.24, 2.45) is 0 Å². The van der Waals surface area contributed by atoms with Crippen molar-refractivity contribution < 1.29 is 9.21 Å². The molecule has 4 heteroatoms. The minimum atomic E-state index is -0.142. The van der Waals surface area contributed by atoms with E-state index in [0.29, 0.717) is 5.75 Å². The highest BCUT2D eigenvalue weighted by molar-refractivity contribution is 7.99. The van der Waals surface area contributed by atoms with Gasteiger partial charge in [-0.1, -0.05) is 30.3 Å². The second kappa shape index (κ2) is 6.71. The Labute approximate surface area is 133 Å². The molecule has 2 aromatic carbocycles. The zero-order valence-corrected chi connectivity index (χ0v) is 13.1. The molecular weight excluding hydrogens is 294 g/mol. The number of fused-ring (bicyclic) bond motifs is 1. The van der Waals surface area contributed by atoms with E-state index < -0.39 is 0 Å². The second-order valence-electron chi connectivity index (χ2n) is 5.08. The Hall–Kier alpha value is -2.20. The van der Waals surface area contributed by atoms with Crippen LogP contribution in [-0.4, -0.2) is 11.2 Å². The van der Waals surface area contributed by atoms with Crippen molar-refractivity contribution in [3.05, 3.63) is 66.6 Å². The Morgan fingerprint density at radius 3 is 2.73 bits per heavy atom. The highest BCUT2D eigenvalue weighted by Gasteiger charge is 2.14. The van der Waals surface area contributed by atoms with Crippen LogP contribution < -0.4 is 5.32 Å². The molecule has 0 aliphatic rings. The zero-order valence-electron chi connectivity index (χ0n) is 12.3. The van der Waals surface area contributed by atoms with E-state index in [4.69, 9.17) is 4.42 Å². The van der Waals surface area contributed by atoms with Crippen molar-refractivity contribution in [1.29, 1.82) is 0 Å². The van der Waals surface area contributed by atoms with E-state index in [9.17, 15) is 4.79 Å². The molecule has 22 heavy (non-hydrogen) atoms. The van der Waals surface area contributed by atoms with Gasteiger partial charge in [-0.2, -0.15) is 0 Å². The van der Waals surface area contributed by atoms with Crippen molar-refractivity contribution >= 4 is 34.1 Å². The maximum Gasteiger partial charge on any atom is 0.237 e. The first-order valence-corrected chi connectivity index (χ1v) is 8.21. The molecule has 3 rings (SSSR count). The molecule has 1 N–H and O–H groups in total. The lowest BCUT2D eigenvalue weighted by atomic mass is 10.1. The van der Waals surface area contributed by atoms with Crippen molar-refractivity contribution in [3.8, 4) is 0 Å². The summed E-state index contributed by atoms with van der Waals surface area (Å²) in [7, 11) is 0. The van der Waals surface area contributed by atoms with Crippen molar-refractivity contribution in [3.63, 3.8) is 0 Å². The van der Waals surface area contributed by atoms with Crippen molar-refractivity contribution in [2.75, 3.05) is 5.32 Å². The fourth-order valence-electron chi connectivity index (χ4n) is 2.19. The van der Waals surface area contributed by atoms with Crippen LogP contribution in [0.4, 0.5) is 5.69 Å². The van der Waals surface area contributed by atoms with Gasteiger partial charge in [-0.15, -0.1) is 11.8 Å². The fourth-order valence-corrected chi connectivity index (χ4v) is 2.98. The van der Waals surface area contributed by atoms with Gasteiger partial charge in [0.1, 0.15) is 5.76 Å². The summed E-state index contributed by atoms with van der Waals surface area (Å²) < 4.78 is 5.28. The SMILES string of the molecule is C[C@H](SCc1ccco1)C(=O)Nc1ccc2ccccc2c1. The van der Waals surface area contributed by atoms with E-state index in [1.807, 2.05) is 55.5 Å². The monoisotopic (exact) mass is 311 g/mol. The Balaban J connectivity index is 1.61. The molecular formula is C18H17NO2S. The van der Waals surface area contributed by atoms with E-state index in [-0.39, 0.29) is 11.2 Å². The number of thioether (sulfide) groups is 1. The van der Waals surface area contributed by atoms with Gasteiger partial charge in [0.2, 0.25) is 5.91 Å². The molecule has 1 aromatic heterocycles. The maximum atomic E-state index is 12.2. The summed E-state index contributed by atoms with van der Waals surface area (Å²) in [6.07, 6.45) is 1.65. The van der Waals surface area contributed by atoms with E-state index in [0.717, 1.165) is 16.8 Å². The average molecular weight is 311 g/mol. The van der Waals surface area contributed by atoms with Gasteiger partial charge in [0.25, 0.3) is 0 Å². The molecule has 0 saturated heterocycles. The number of amides is 1. The van der Waals surface area contributed by atoms with E-state index >= 15 is 0 Å². The molecule has 112 valence electrons. The van der Waals surface area contributed by atoms with Crippen LogP contribution in [0.5, 0.6) is 0 Å². The molecule has 0 spiro atoms. The van der Waals surface area contributed by atoms with Crippen LogP contribution in [0.2, 0.25) is 0 Å². The molecule has 0 aliphatic carbocycles. The summed E-state index contributed by atoms with van der Waals surface area (Å²) in [5.74, 6) is 1.58. The molecule has 0 bridgehead atoms. The topological polar surface area (TPSA) is 42.2 Å². The van der Waals surface area contributed by atoms with Gasteiger partial charge in [-0.05, 0) is 42.0 Å². The van der Waals surface area contributed by atoms with Gasteiger partial charge >= 0.3 is 0 Å². The number of anilines is 1. The number of hydrogen-bond donors (Lipinski definition) is 1. The minimum Gasteiger partial charge on any atom is -0.468 e. The zero-order chi connectivity index (χ0) is 15.4. The van der Waals surface area contributed by atoms with Gasteiger partial charge in [0.05, 0.1) is 17.3 Å². The maximum absolute atomic E-state index is 12.2. The number of furan rings is 1. The van der Waals surface area contributed by atoms with Crippen LogP contribution in [0, 0.1) is 0 Å². The van der Waals surface area contributed by atoms with Gasteiger partial charge in [0, 0.05) is 5.69 Å². The summed E-state index contributed by atoms with van der Waals surface area (Å²) in [6, 6.07) is 17.8. The van der Waals surface area contributed by atoms with Crippen LogP contribution >= 0.6 is 11.8 Å². The summed E-state index contributed by atoms with van der Waals surface area (Å²) in [5.41, 5.74) is 0.828. The van der Waals surface area contributed by atoms with Crippen LogP contribution in [0.3, 0.4) is 0 Å². The van der Waals surface area contributed by atoms with Crippen molar-refractivity contribution in [1.82, 2.24) is 0 Å². The molecule has 1 atom stereocenters. The number of rotatable bonds is 5. The average Bonchev–Trinajstić information content (AvgIpc) is 3.06. The third-order valence-corrected chi connectivity index (χ3v) is 4.61. The first-order valence-electron chi connectivity index (χ1n) is 7.16.